The van der Waals surface area contributed by atoms with Crippen molar-refractivity contribution in [2.24, 2.45) is 0 Å². The molecule has 3 unspecified atom stereocenters. The van der Waals surface area contributed by atoms with Gasteiger partial charge in [-0.25, -0.2) is 0 Å². The SMILES string of the molecule is CC1CN(C(=O)c2ccccc2SC(C)C(=O)O)CC2(CCOC2)O1. The van der Waals surface area contributed by atoms with Crippen LogP contribution in [0.3, 0.4) is 0 Å². The van der Waals surface area contributed by atoms with E-state index in [2.05, 4.69) is 0 Å². The highest BCUT2D eigenvalue weighted by Crippen LogP contribution is 2.33. The Balaban J connectivity index is 1.81. The van der Waals surface area contributed by atoms with Crippen LogP contribution in [-0.4, -0.2) is 65.1 Å². The average molecular weight is 365 g/mol. The van der Waals surface area contributed by atoms with Crippen LogP contribution >= 0.6 is 11.8 Å². The van der Waals surface area contributed by atoms with E-state index in [9.17, 15) is 9.59 Å². The molecule has 0 radical (unpaired) electrons. The van der Waals surface area contributed by atoms with E-state index in [0.29, 0.717) is 36.8 Å². The molecule has 6 nitrogen and oxygen atoms in total. The lowest BCUT2D eigenvalue weighted by molar-refractivity contribution is -0.138. The van der Waals surface area contributed by atoms with Crippen LogP contribution in [0.25, 0.3) is 0 Å². The fourth-order valence-electron chi connectivity index (χ4n) is 3.34. The van der Waals surface area contributed by atoms with Crippen LogP contribution in [0, 0.1) is 0 Å². The minimum Gasteiger partial charge on any atom is -0.480 e. The lowest BCUT2D eigenvalue weighted by atomic mass is 9.98. The number of rotatable bonds is 4. The quantitative estimate of drug-likeness (QED) is 0.825. The smallest absolute Gasteiger partial charge is 0.316 e. The number of ether oxygens (including phenoxy) is 2. The Morgan fingerprint density at radius 3 is 2.84 bits per heavy atom. The molecule has 1 aromatic carbocycles. The third-order valence-electron chi connectivity index (χ3n) is 4.53. The largest absolute Gasteiger partial charge is 0.480 e. The van der Waals surface area contributed by atoms with E-state index in [1.807, 2.05) is 17.9 Å². The summed E-state index contributed by atoms with van der Waals surface area (Å²) in [5, 5.41) is 8.53. The predicted octanol–water partition coefficient (Wildman–Crippen LogP) is 2.27. The van der Waals surface area contributed by atoms with Gasteiger partial charge in [-0.15, -0.1) is 11.8 Å². The van der Waals surface area contributed by atoms with Gasteiger partial charge in [-0.05, 0) is 26.0 Å². The first-order chi connectivity index (χ1) is 11.9. The first-order valence-corrected chi connectivity index (χ1v) is 9.31. The molecule has 1 spiro atoms. The summed E-state index contributed by atoms with van der Waals surface area (Å²) in [6.45, 7) is 5.77. The third-order valence-corrected chi connectivity index (χ3v) is 5.70. The van der Waals surface area contributed by atoms with Crippen molar-refractivity contribution in [2.75, 3.05) is 26.3 Å². The van der Waals surface area contributed by atoms with E-state index in [1.54, 1.807) is 25.1 Å². The molecule has 2 aliphatic heterocycles. The molecule has 7 heteroatoms. The monoisotopic (exact) mass is 365 g/mol. The summed E-state index contributed by atoms with van der Waals surface area (Å²) < 4.78 is 11.6. The standard InChI is InChI=1S/C18H23NO5S/c1-12-9-19(10-18(24-12)7-8-23-11-18)16(20)14-5-3-4-6-15(14)25-13(2)17(21)22/h3-6,12-13H,7-11H2,1-2H3,(H,21,22). The van der Waals surface area contributed by atoms with Gasteiger partial charge in [-0.3, -0.25) is 9.59 Å². The Kier molecular flexibility index (Phi) is 5.36. The van der Waals surface area contributed by atoms with E-state index < -0.39 is 16.8 Å². The van der Waals surface area contributed by atoms with Crippen molar-refractivity contribution >= 4 is 23.6 Å². The number of carbonyl (C=O) groups is 2. The Labute approximate surface area is 151 Å². The normalized spacial score (nSPS) is 27.4. The number of carbonyl (C=O) groups excluding carboxylic acids is 1. The zero-order valence-corrected chi connectivity index (χ0v) is 15.3. The number of carboxylic acids is 1. The van der Waals surface area contributed by atoms with Gasteiger partial charge in [0.25, 0.3) is 5.91 Å². The lowest BCUT2D eigenvalue weighted by Crippen LogP contribution is -2.57. The highest BCUT2D eigenvalue weighted by atomic mass is 32.2. The van der Waals surface area contributed by atoms with Crippen LogP contribution < -0.4 is 0 Å². The first-order valence-electron chi connectivity index (χ1n) is 8.43. The summed E-state index contributed by atoms with van der Waals surface area (Å²) in [4.78, 5) is 26.8. The van der Waals surface area contributed by atoms with Crippen molar-refractivity contribution < 1.29 is 24.2 Å². The van der Waals surface area contributed by atoms with Crippen LogP contribution in [0.15, 0.2) is 29.2 Å². The average Bonchev–Trinajstić information content (AvgIpc) is 3.01. The summed E-state index contributed by atoms with van der Waals surface area (Å²) in [7, 11) is 0. The summed E-state index contributed by atoms with van der Waals surface area (Å²) in [5.74, 6) is -0.976. The van der Waals surface area contributed by atoms with Crippen molar-refractivity contribution in [3.05, 3.63) is 29.8 Å². The molecule has 0 bridgehead atoms. The molecule has 2 fully saturated rings. The van der Waals surface area contributed by atoms with Crippen LogP contribution in [0.4, 0.5) is 0 Å². The molecule has 2 saturated heterocycles. The van der Waals surface area contributed by atoms with Gasteiger partial charge >= 0.3 is 5.97 Å². The predicted molar refractivity (Wildman–Crippen MR) is 94.0 cm³/mol. The van der Waals surface area contributed by atoms with Gasteiger partial charge in [-0.1, -0.05) is 12.1 Å². The molecule has 3 rings (SSSR count). The maximum atomic E-state index is 13.1. The molecule has 3 atom stereocenters. The van der Waals surface area contributed by atoms with Crippen molar-refractivity contribution in [1.29, 1.82) is 0 Å². The second-order valence-corrected chi connectivity index (χ2v) is 8.08. The van der Waals surface area contributed by atoms with E-state index in [1.165, 1.54) is 11.8 Å². The topological polar surface area (TPSA) is 76.1 Å². The summed E-state index contributed by atoms with van der Waals surface area (Å²) in [5.41, 5.74) is 0.132. The number of thioether (sulfide) groups is 1. The maximum Gasteiger partial charge on any atom is 0.316 e. The molecular formula is C18H23NO5S. The number of carboxylic acid groups (broad SMARTS) is 1. The van der Waals surface area contributed by atoms with Crippen LogP contribution in [0.1, 0.15) is 30.6 Å². The highest BCUT2D eigenvalue weighted by molar-refractivity contribution is 8.00. The first kappa shape index (κ1) is 18.2. The Bertz CT molecular complexity index is 659. The van der Waals surface area contributed by atoms with Gasteiger partial charge in [0.1, 0.15) is 10.9 Å². The Morgan fingerprint density at radius 2 is 2.16 bits per heavy atom. The second-order valence-electron chi connectivity index (χ2n) is 6.69. The zero-order chi connectivity index (χ0) is 18.0. The number of nitrogens with zero attached hydrogens (tertiary/aromatic N) is 1. The molecule has 0 saturated carbocycles. The van der Waals surface area contributed by atoms with Crippen molar-refractivity contribution in [2.45, 2.75) is 42.1 Å². The zero-order valence-electron chi connectivity index (χ0n) is 14.4. The van der Waals surface area contributed by atoms with Crippen LogP contribution in [0.5, 0.6) is 0 Å². The molecule has 2 aliphatic rings. The molecule has 0 aromatic heterocycles. The van der Waals surface area contributed by atoms with Gasteiger partial charge in [0, 0.05) is 24.5 Å². The molecule has 25 heavy (non-hydrogen) atoms. The van der Waals surface area contributed by atoms with E-state index in [0.717, 1.165) is 6.42 Å². The van der Waals surface area contributed by atoms with Crippen molar-refractivity contribution in [1.82, 2.24) is 4.90 Å². The number of benzene rings is 1. The second kappa shape index (κ2) is 7.35. The highest BCUT2D eigenvalue weighted by Gasteiger charge is 2.44. The van der Waals surface area contributed by atoms with Crippen LogP contribution in [0.2, 0.25) is 0 Å². The summed E-state index contributed by atoms with van der Waals surface area (Å²) >= 11 is 1.19. The van der Waals surface area contributed by atoms with Gasteiger partial charge in [0.15, 0.2) is 0 Å². The van der Waals surface area contributed by atoms with Gasteiger partial charge in [0.05, 0.1) is 24.8 Å². The fourth-order valence-corrected chi connectivity index (χ4v) is 4.26. The molecule has 136 valence electrons. The molecule has 1 amide bonds. The number of aliphatic carboxylic acids is 1. The molecule has 2 heterocycles. The van der Waals surface area contributed by atoms with E-state index in [-0.39, 0.29) is 12.0 Å². The molecule has 0 aliphatic carbocycles. The molecule has 1 aromatic rings. The number of amides is 1. The summed E-state index contributed by atoms with van der Waals surface area (Å²) in [6, 6.07) is 7.19. The lowest BCUT2D eigenvalue weighted by Gasteiger charge is -2.43. The number of morpholine rings is 1. The summed E-state index contributed by atoms with van der Waals surface area (Å²) in [6.07, 6.45) is 0.727. The minimum absolute atomic E-state index is 0.0582. The van der Waals surface area contributed by atoms with Crippen molar-refractivity contribution in [3.63, 3.8) is 0 Å². The molecule has 1 N–H and O–H groups in total. The fraction of sp³-hybridized carbons (Fsp3) is 0.556. The number of hydrogen-bond donors (Lipinski definition) is 1. The Morgan fingerprint density at radius 1 is 1.40 bits per heavy atom. The van der Waals surface area contributed by atoms with Gasteiger partial charge in [-0.2, -0.15) is 0 Å². The molecular weight excluding hydrogens is 342 g/mol. The van der Waals surface area contributed by atoms with Gasteiger partial charge in [0.2, 0.25) is 0 Å². The number of hydrogen-bond acceptors (Lipinski definition) is 5. The third kappa shape index (κ3) is 3.99. The maximum absolute atomic E-state index is 13.1. The van der Waals surface area contributed by atoms with Gasteiger partial charge < -0.3 is 19.5 Å². The Hall–Kier alpha value is -1.57. The van der Waals surface area contributed by atoms with E-state index in [4.69, 9.17) is 14.6 Å². The van der Waals surface area contributed by atoms with Crippen molar-refractivity contribution in [3.8, 4) is 0 Å². The minimum atomic E-state index is -0.894. The van der Waals surface area contributed by atoms with E-state index >= 15 is 0 Å². The van der Waals surface area contributed by atoms with Crippen LogP contribution in [-0.2, 0) is 14.3 Å².